The molecule has 5 nitrogen and oxygen atoms in total. The molecule has 1 aromatic heterocycles. The molecule has 0 unspecified atom stereocenters. The van der Waals surface area contributed by atoms with Gasteiger partial charge in [-0.3, -0.25) is 3.63 Å². The van der Waals surface area contributed by atoms with Crippen molar-refractivity contribution in [1.29, 1.82) is 0 Å². The van der Waals surface area contributed by atoms with E-state index in [1.54, 1.807) is 60.7 Å². The summed E-state index contributed by atoms with van der Waals surface area (Å²) in [6.45, 7) is 0. The second kappa shape index (κ2) is 11.0. The molecule has 12 heteroatoms. The Hall–Kier alpha value is -2.64. The largest absolute Gasteiger partial charge is 0.572 e. The third-order valence-corrected chi connectivity index (χ3v) is 13.0. The van der Waals surface area contributed by atoms with E-state index in [9.17, 15) is 21.6 Å². The summed E-state index contributed by atoms with van der Waals surface area (Å²) >= 11 is 2.64. The van der Waals surface area contributed by atoms with Gasteiger partial charge in [0.2, 0.25) is 0 Å². The summed E-state index contributed by atoms with van der Waals surface area (Å²) in [5, 5.41) is 0. The quantitative estimate of drug-likeness (QED) is 0.113. The molecule has 0 radical (unpaired) electrons. The van der Waals surface area contributed by atoms with E-state index in [2.05, 4.69) is 3.63 Å². The van der Waals surface area contributed by atoms with E-state index >= 15 is 0 Å². The molecule has 0 amide bonds. The lowest BCUT2D eigenvalue weighted by atomic mass is 10.3. The third-order valence-electron chi connectivity index (χ3n) is 5.11. The molecular weight excluding hydrogens is 566 g/mol. The zero-order valence-corrected chi connectivity index (χ0v) is 22.8. The number of methoxy groups -OCH3 is 2. The highest BCUT2D eigenvalue weighted by Crippen LogP contribution is 2.71. The van der Waals surface area contributed by atoms with Crippen LogP contribution in [0.15, 0.2) is 114 Å². The minimum Gasteiger partial charge on any atom is -0.497 e. The number of ether oxygens (including phenoxy) is 2. The first kappa shape index (κ1) is 27.4. The summed E-state index contributed by atoms with van der Waals surface area (Å²) in [5.74, 6) is 0.939. The van der Waals surface area contributed by atoms with Gasteiger partial charge in [0, 0.05) is 4.90 Å². The van der Waals surface area contributed by atoms with Crippen LogP contribution in [0.3, 0.4) is 0 Å². The Balaban J connectivity index is 1.96. The maximum atomic E-state index is 13.7. The van der Waals surface area contributed by atoms with Crippen molar-refractivity contribution in [2.45, 2.75) is 28.6 Å². The fourth-order valence-electron chi connectivity index (χ4n) is 3.35. The first-order chi connectivity index (χ1) is 17.6. The second-order valence-electron chi connectivity index (χ2n) is 7.42. The molecule has 196 valence electrons. The first-order valence-corrected chi connectivity index (χ1v) is 15.3. The van der Waals surface area contributed by atoms with Crippen LogP contribution in [-0.2, 0) is 10.1 Å². The lowest BCUT2D eigenvalue weighted by Gasteiger charge is -2.33. The van der Waals surface area contributed by atoms with Gasteiger partial charge in [0.15, 0.2) is 0 Å². The molecule has 0 bridgehead atoms. The molecule has 0 spiro atoms. The summed E-state index contributed by atoms with van der Waals surface area (Å²) in [6.07, 6.45) is 0. The number of thiophene rings is 1. The number of rotatable bonds is 9. The van der Waals surface area contributed by atoms with Gasteiger partial charge in [0.25, 0.3) is 0 Å². The van der Waals surface area contributed by atoms with Crippen LogP contribution in [0.4, 0.5) is 13.2 Å². The molecular formula is C25H22F3O5S4+. The molecule has 0 aliphatic rings. The normalized spacial score (nSPS) is 12.8. The number of hydrogen-bond donors (Lipinski definition) is 0. The molecule has 3 aromatic carbocycles. The standard InChI is InChI=1S/C25H21F3O5S4/c1-31-18-8-12-21(13-9-18)36(33-37(29,30)25(26,27)28,22-14-10-19(32-2)11-15-22)24-17-16-23(35-24)34-20-6-4-3-5-7-20/h3-17H,1-2H3/p+1. The van der Waals surface area contributed by atoms with Gasteiger partial charge in [-0.2, -0.15) is 13.2 Å². The van der Waals surface area contributed by atoms with Crippen molar-refractivity contribution in [3.63, 3.8) is 0 Å². The Morgan fingerprint density at radius 1 is 0.757 bits per heavy atom. The van der Waals surface area contributed by atoms with Crippen LogP contribution < -0.4 is 9.47 Å². The minimum atomic E-state index is -5.88. The fourth-order valence-corrected chi connectivity index (χ4v) is 11.5. The van der Waals surface area contributed by atoms with Crippen molar-refractivity contribution in [2.75, 3.05) is 14.2 Å². The predicted octanol–water partition coefficient (Wildman–Crippen LogP) is 8.06. The molecule has 0 aliphatic heterocycles. The van der Waals surface area contributed by atoms with Crippen LogP contribution >= 0.6 is 33.4 Å². The zero-order valence-electron chi connectivity index (χ0n) is 19.5. The van der Waals surface area contributed by atoms with E-state index in [0.29, 0.717) is 25.5 Å². The van der Waals surface area contributed by atoms with Gasteiger partial charge >= 0.3 is 15.6 Å². The van der Waals surface area contributed by atoms with Crippen molar-refractivity contribution in [1.82, 2.24) is 0 Å². The molecule has 4 rings (SSSR count). The van der Waals surface area contributed by atoms with Gasteiger partial charge in [-0.05, 0) is 72.8 Å². The van der Waals surface area contributed by atoms with Gasteiger partial charge in [-0.1, -0.05) is 30.0 Å². The third kappa shape index (κ3) is 5.78. The van der Waals surface area contributed by atoms with Crippen LogP contribution in [0.25, 0.3) is 0 Å². The summed E-state index contributed by atoms with van der Waals surface area (Å²) in [5.41, 5.74) is -5.57. The molecule has 0 saturated carbocycles. The molecule has 1 heterocycles. The Kier molecular flexibility index (Phi) is 8.14. The number of hydrogen-bond acceptors (Lipinski definition) is 6. The summed E-state index contributed by atoms with van der Waals surface area (Å²) in [6, 6.07) is 25.4. The average molecular weight is 588 g/mol. The summed E-state index contributed by atoms with van der Waals surface area (Å²) in [7, 11) is -6.24. The van der Waals surface area contributed by atoms with Gasteiger partial charge in [0.1, 0.15) is 15.7 Å². The van der Waals surface area contributed by atoms with E-state index < -0.39 is 25.9 Å². The monoisotopic (exact) mass is 587 g/mol. The highest BCUT2D eigenvalue weighted by Gasteiger charge is 2.58. The molecule has 1 N–H and O–H groups in total. The van der Waals surface area contributed by atoms with Crippen LogP contribution in [0.1, 0.15) is 0 Å². The fraction of sp³-hybridized carbons (Fsp3) is 0.120. The van der Waals surface area contributed by atoms with Crippen molar-refractivity contribution in [2.24, 2.45) is 0 Å². The molecule has 4 aromatic rings. The number of benzene rings is 3. The van der Waals surface area contributed by atoms with Gasteiger partial charge < -0.3 is 9.47 Å². The van der Waals surface area contributed by atoms with E-state index in [1.807, 2.05) is 30.3 Å². The Labute approximate surface area is 222 Å². The highest BCUT2D eigenvalue weighted by atomic mass is 32.3. The topological polar surface area (TPSA) is 65.4 Å². The van der Waals surface area contributed by atoms with Crippen LogP contribution in [0, 0.1) is 0 Å². The Morgan fingerprint density at radius 3 is 1.73 bits per heavy atom. The average Bonchev–Trinajstić information content (AvgIpc) is 3.36. The van der Waals surface area contributed by atoms with Crippen LogP contribution in [0.5, 0.6) is 11.5 Å². The van der Waals surface area contributed by atoms with Gasteiger partial charge in [0.05, 0.1) is 38.5 Å². The number of halogens is 3. The lowest BCUT2D eigenvalue weighted by Crippen LogP contribution is -2.30. The number of alkyl halides is 3. The van der Waals surface area contributed by atoms with Crippen molar-refractivity contribution in [3.8, 4) is 11.5 Å². The maximum Gasteiger partial charge on any atom is 0.572 e. The minimum absolute atomic E-state index is 0.310. The van der Waals surface area contributed by atoms with E-state index in [-0.39, 0.29) is 0 Å². The van der Waals surface area contributed by atoms with Crippen molar-refractivity contribution < 1.29 is 34.7 Å². The van der Waals surface area contributed by atoms with Crippen molar-refractivity contribution >= 4 is 43.5 Å². The van der Waals surface area contributed by atoms with E-state index in [4.69, 9.17) is 9.47 Å². The Bertz CT molecular complexity index is 1390. The first-order valence-electron chi connectivity index (χ1n) is 10.6. The van der Waals surface area contributed by atoms with E-state index in [1.165, 1.54) is 37.3 Å². The molecule has 0 aliphatic carbocycles. The SMILES string of the molecule is COc1ccc(S([OH+]S(=O)(=O)C(F)(F)F)(c2ccc(OC)cc2)c2ccc(Sc3ccccc3)s2)cc1. The lowest BCUT2D eigenvalue weighted by molar-refractivity contribution is -0.0540. The molecule has 0 atom stereocenters. The molecule has 37 heavy (non-hydrogen) atoms. The van der Waals surface area contributed by atoms with Crippen molar-refractivity contribution in [3.05, 3.63) is 91.0 Å². The van der Waals surface area contributed by atoms with E-state index in [0.717, 1.165) is 9.10 Å². The molecule has 0 fully saturated rings. The summed E-state index contributed by atoms with van der Waals surface area (Å²) < 4.78 is 81.7. The maximum absolute atomic E-state index is 13.7. The van der Waals surface area contributed by atoms with Crippen LogP contribution in [0.2, 0.25) is 0 Å². The Morgan fingerprint density at radius 2 is 1.27 bits per heavy atom. The summed E-state index contributed by atoms with van der Waals surface area (Å²) in [4.78, 5) is 1.55. The predicted molar refractivity (Wildman–Crippen MR) is 141 cm³/mol. The zero-order chi connectivity index (χ0) is 26.7. The smallest absolute Gasteiger partial charge is 0.497 e. The van der Waals surface area contributed by atoms with Crippen LogP contribution in [-0.4, -0.2) is 31.8 Å². The molecule has 0 saturated heterocycles. The van der Waals surface area contributed by atoms with Gasteiger partial charge in [-0.25, -0.2) is 0 Å². The van der Waals surface area contributed by atoms with Gasteiger partial charge in [-0.15, -0.1) is 19.8 Å². The second-order valence-corrected chi connectivity index (χ2v) is 14.7. The highest BCUT2D eigenvalue weighted by molar-refractivity contribution is 8.33.